The van der Waals surface area contributed by atoms with Crippen molar-refractivity contribution in [1.82, 2.24) is 5.32 Å². The predicted octanol–water partition coefficient (Wildman–Crippen LogP) is 1.29. The quantitative estimate of drug-likeness (QED) is 0.580. The van der Waals surface area contributed by atoms with E-state index in [1.54, 1.807) is 6.92 Å². The summed E-state index contributed by atoms with van der Waals surface area (Å²) in [6.07, 6.45) is 0.844. The first-order valence-electron chi connectivity index (χ1n) is 6.12. The second kappa shape index (κ2) is 6.63. The number of carbonyl (C=O) groups is 2. The smallest absolute Gasteiger partial charge is 0.337 e. The summed E-state index contributed by atoms with van der Waals surface area (Å²) in [5, 5.41) is 14.7. The molecular weight excluding hydrogens is 246 g/mol. The largest absolute Gasteiger partial charge is 0.478 e. The Morgan fingerprint density at radius 3 is 2.68 bits per heavy atom. The fourth-order valence-electron chi connectivity index (χ4n) is 1.57. The summed E-state index contributed by atoms with van der Waals surface area (Å²) < 4.78 is 0. The van der Waals surface area contributed by atoms with Crippen LogP contribution in [-0.4, -0.2) is 29.6 Å². The van der Waals surface area contributed by atoms with E-state index in [0.29, 0.717) is 17.9 Å². The van der Waals surface area contributed by atoms with Gasteiger partial charge in [-0.1, -0.05) is 6.92 Å². The SMILES string of the molecule is CCCNC(=O)C(C)Nc1cc(N)ccc1C(=O)O. The third kappa shape index (κ3) is 4.17. The number of benzene rings is 1. The summed E-state index contributed by atoms with van der Waals surface area (Å²) in [5.41, 5.74) is 6.49. The highest BCUT2D eigenvalue weighted by Gasteiger charge is 2.16. The number of carbonyl (C=O) groups excluding carboxylic acids is 1. The van der Waals surface area contributed by atoms with Gasteiger partial charge in [-0.2, -0.15) is 0 Å². The third-order valence-electron chi connectivity index (χ3n) is 2.59. The topological polar surface area (TPSA) is 104 Å². The van der Waals surface area contributed by atoms with Crippen LogP contribution in [0, 0.1) is 0 Å². The molecule has 0 radical (unpaired) electrons. The van der Waals surface area contributed by atoms with Gasteiger partial charge in [0.25, 0.3) is 0 Å². The zero-order valence-electron chi connectivity index (χ0n) is 11.1. The van der Waals surface area contributed by atoms with E-state index in [0.717, 1.165) is 6.42 Å². The maximum atomic E-state index is 11.7. The van der Waals surface area contributed by atoms with Gasteiger partial charge in [-0.05, 0) is 31.5 Å². The molecule has 0 spiro atoms. The minimum atomic E-state index is -1.07. The first-order chi connectivity index (χ1) is 8.95. The van der Waals surface area contributed by atoms with E-state index in [4.69, 9.17) is 10.8 Å². The zero-order valence-corrected chi connectivity index (χ0v) is 11.1. The second-order valence-corrected chi connectivity index (χ2v) is 4.27. The van der Waals surface area contributed by atoms with Crippen molar-refractivity contribution in [1.29, 1.82) is 0 Å². The van der Waals surface area contributed by atoms with Crippen molar-refractivity contribution in [3.8, 4) is 0 Å². The van der Waals surface area contributed by atoms with Crippen molar-refractivity contribution in [2.24, 2.45) is 0 Å². The molecule has 1 amide bonds. The van der Waals surface area contributed by atoms with E-state index < -0.39 is 12.0 Å². The Hall–Kier alpha value is -2.24. The van der Waals surface area contributed by atoms with Gasteiger partial charge in [0.2, 0.25) is 5.91 Å². The molecule has 0 aliphatic heterocycles. The van der Waals surface area contributed by atoms with Crippen molar-refractivity contribution in [3.63, 3.8) is 0 Å². The van der Waals surface area contributed by atoms with Gasteiger partial charge in [0.05, 0.1) is 11.3 Å². The van der Waals surface area contributed by atoms with Gasteiger partial charge in [0, 0.05) is 12.2 Å². The highest BCUT2D eigenvalue weighted by molar-refractivity contribution is 5.96. The molecule has 5 N–H and O–H groups in total. The number of nitrogens with two attached hydrogens (primary N) is 1. The van der Waals surface area contributed by atoms with Crippen molar-refractivity contribution >= 4 is 23.3 Å². The van der Waals surface area contributed by atoms with Crippen LogP contribution in [0.2, 0.25) is 0 Å². The van der Waals surface area contributed by atoms with E-state index in [9.17, 15) is 9.59 Å². The van der Waals surface area contributed by atoms with Gasteiger partial charge >= 0.3 is 5.97 Å². The summed E-state index contributed by atoms with van der Waals surface area (Å²) in [7, 11) is 0. The lowest BCUT2D eigenvalue weighted by molar-refractivity contribution is -0.121. The number of anilines is 2. The molecule has 1 aromatic rings. The minimum Gasteiger partial charge on any atom is -0.478 e. The number of nitrogens with one attached hydrogen (secondary N) is 2. The van der Waals surface area contributed by atoms with Crippen molar-refractivity contribution < 1.29 is 14.7 Å². The van der Waals surface area contributed by atoms with Gasteiger partial charge < -0.3 is 21.5 Å². The Bertz CT molecular complexity index is 474. The number of aromatic carboxylic acids is 1. The fraction of sp³-hybridized carbons (Fsp3) is 0.385. The van der Waals surface area contributed by atoms with Crippen LogP contribution in [0.15, 0.2) is 18.2 Å². The molecule has 19 heavy (non-hydrogen) atoms. The van der Waals surface area contributed by atoms with Crippen LogP contribution in [0.1, 0.15) is 30.6 Å². The van der Waals surface area contributed by atoms with E-state index >= 15 is 0 Å². The summed E-state index contributed by atoms with van der Waals surface area (Å²) in [4.78, 5) is 22.8. The molecule has 1 unspecified atom stereocenters. The monoisotopic (exact) mass is 265 g/mol. The highest BCUT2D eigenvalue weighted by Crippen LogP contribution is 2.20. The molecular formula is C13H19N3O3. The Morgan fingerprint density at radius 2 is 2.11 bits per heavy atom. The molecule has 0 fully saturated rings. The molecule has 0 heterocycles. The molecule has 0 aliphatic rings. The van der Waals surface area contributed by atoms with Crippen LogP contribution < -0.4 is 16.4 Å². The van der Waals surface area contributed by atoms with Gasteiger partial charge in [-0.3, -0.25) is 4.79 Å². The van der Waals surface area contributed by atoms with Crippen molar-refractivity contribution in [3.05, 3.63) is 23.8 Å². The molecule has 0 saturated carbocycles. The lowest BCUT2D eigenvalue weighted by Gasteiger charge is -2.17. The standard InChI is InChI=1S/C13H19N3O3/c1-3-6-15-12(17)8(2)16-11-7-9(14)4-5-10(11)13(18)19/h4-5,7-8,16H,3,6,14H2,1-2H3,(H,15,17)(H,18,19). The van der Waals surface area contributed by atoms with Crippen LogP contribution in [0.25, 0.3) is 0 Å². The van der Waals surface area contributed by atoms with E-state index in [2.05, 4.69) is 10.6 Å². The molecule has 0 aliphatic carbocycles. The number of carboxylic acids is 1. The number of hydrogen-bond donors (Lipinski definition) is 4. The van der Waals surface area contributed by atoms with Crippen LogP contribution in [-0.2, 0) is 4.79 Å². The van der Waals surface area contributed by atoms with E-state index in [1.807, 2.05) is 6.92 Å². The molecule has 1 atom stereocenters. The first kappa shape index (κ1) is 14.8. The summed E-state index contributed by atoms with van der Waals surface area (Å²) in [6.45, 7) is 4.21. The molecule has 0 aromatic heterocycles. The number of nitrogen functional groups attached to an aromatic ring is 1. The van der Waals surface area contributed by atoms with Crippen LogP contribution in [0.4, 0.5) is 11.4 Å². The Kier molecular flexibility index (Phi) is 5.17. The normalized spacial score (nSPS) is 11.7. The third-order valence-corrected chi connectivity index (χ3v) is 2.59. The minimum absolute atomic E-state index is 0.0874. The molecule has 1 rings (SSSR count). The Morgan fingerprint density at radius 1 is 1.42 bits per heavy atom. The van der Waals surface area contributed by atoms with Crippen LogP contribution in [0.5, 0.6) is 0 Å². The van der Waals surface area contributed by atoms with Gasteiger partial charge in [-0.15, -0.1) is 0 Å². The lowest BCUT2D eigenvalue weighted by Crippen LogP contribution is -2.38. The summed E-state index contributed by atoms with van der Waals surface area (Å²) in [5.74, 6) is -1.25. The number of amides is 1. The number of hydrogen-bond acceptors (Lipinski definition) is 4. The second-order valence-electron chi connectivity index (χ2n) is 4.27. The van der Waals surface area contributed by atoms with Gasteiger partial charge in [0.15, 0.2) is 0 Å². The van der Waals surface area contributed by atoms with Crippen molar-refractivity contribution in [2.75, 3.05) is 17.6 Å². The average Bonchev–Trinajstić information content (AvgIpc) is 2.35. The van der Waals surface area contributed by atoms with Crippen molar-refractivity contribution in [2.45, 2.75) is 26.3 Å². The van der Waals surface area contributed by atoms with Crippen LogP contribution >= 0.6 is 0 Å². The zero-order chi connectivity index (χ0) is 14.4. The molecule has 0 bridgehead atoms. The predicted molar refractivity (Wildman–Crippen MR) is 74.2 cm³/mol. The summed E-state index contributed by atoms with van der Waals surface area (Å²) in [6, 6.07) is 3.90. The highest BCUT2D eigenvalue weighted by atomic mass is 16.4. The molecule has 0 saturated heterocycles. The maximum Gasteiger partial charge on any atom is 0.337 e. The maximum absolute atomic E-state index is 11.7. The molecule has 104 valence electrons. The van der Waals surface area contributed by atoms with Crippen LogP contribution in [0.3, 0.4) is 0 Å². The van der Waals surface area contributed by atoms with Gasteiger partial charge in [0.1, 0.15) is 6.04 Å². The summed E-state index contributed by atoms with van der Waals surface area (Å²) >= 11 is 0. The van der Waals surface area contributed by atoms with E-state index in [1.165, 1.54) is 18.2 Å². The Labute approximate surface area is 112 Å². The number of rotatable bonds is 6. The van der Waals surface area contributed by atoms with E-state index in [-0.39, 0.29) is 11.5 Å². The van der Waals surface area contributed by atoms with Gasteiger partial charge in [-0.25, -0.2) is 4.79 Å². The number of carboxylic acid groups (broad SMARTS) is 1. The molecule has 6 nitrogen and oxygen atoms in total. The average molecular weight is 265 g/mol. The fourth-order valence-corrected chi connectivity index (χ4v) is 1.57. The Balaban J connectivity index is 2.83. The molecule has 6 heteroatoms. The first-order valence-corrected chi connectivity index (χ1v) is 6.12. The lowest BCUT2D eigenvalue weighted by atomic mass is 10.1. The molecule has 1 aromatic carbocycles.